The lowest BCUT2D eigenvalue weighted by molar-refractivity contribution is 0.0698. The van der Waals surface area contributed by atoms with Gasteiger partial charge in [-0.15, -0.1) is 0 Å². The molecule has 1 saturated heterocycles. The molecule has 2 aromatic rings. The first-order chi connectivity index (χ1) is 13.1. The molecule has 0 saturated carbocycles. The Morgan fingerprint density at radius 3 is 2.44 bits per heavy atom. The van der Waals surface area contributed by atoms with Gasteiger partial charge in [0.05, 0.1) is 23.7 Å². The molecule has 4 rings (SSSR count). The molecule has 0 N–H and O–H groups in total. The summed E-state index contributed by atoms with van der Waals surface area (Å²) in [6, 6.07) is 6.50. The Bertz CT molecular complexity index is 919. The normalized spacial score (nSPS) is 18.1. The lowest BCUT2D eigenvalue weighted by Crippen LogP contribution is -2.50. The number of hydrogen-bond acceptors (Lipinski definition) is 6. The van der Waals surface area contributed by atoms with Gasteiger partial charge in [-0.25, -0.2) is 8.42 Å². The minimum Gasteiger partial charge on any atom is -0.490 e. The molecule has 0 atom stereocenters. The molecular formula is C18H20N2O5S2. The van der Waals surface area contributed by atoms with Gasteiger partial charge in [-0.2, -0.15) is 15.6 Å². The lowest BCUT2D eigenvalue weighted by atomic mass is 10.2. The van der Waals surface area contributed by atoms with Gasteiger partial charge in [0.15, 0.2) is 11.5 Å². The van der Waals surface area contributed by atoms with Gasteiger partial charge in [-0.1, -0.05) is 0 Å². The zero-order chi connectivity index (χ0) is 18.9. The fourth-order valence-electron chi connectivity index (χ4n) is 3.15. The van der Waals surface area contributed by atoms with Crippen LogP contribution >= 0.6 is 11.3 Å². The van der Waals surface area contributed by atoms with Crippen LogP contribution in [-0.4, -0.2) is 62.9 Å². The summed E-state index contributed by atoms with van der Waals surface area (Å²) in [6.07, 6.45) is 0.761. The molecule has 144 valence electrons. The predicted octanol–water partition coefficient (Wildman–Crippen LogP) is 2.06. The van der Waals surface area contributed by atoms with Gasteiger partial charge in [0, 0.05) is 44.0 Å². The van der Waals surface area contributed by atoms with E-state index in [4.69, 9.17) is 9.47 Å². The summed E-state index contributed by atoms with van der Waals surface area (Å²) in [7, 11) is -3.65. The van der Waals surface area contributed by atoms with Crippen LogP contribution in [0.4, 0.5) is 0 Å². The molecule has 3 heterocycles. The van der Waals surface area contributed by atoms with E-state index in [9.17, 15) is 13.2 Å². The molecule has 0 unspecified atom stereocenters. The molecule has 0 bridgehead atoms. The van der Waals surface area contributed by atoms with E-state index < -0.39 is 10.0 Å². The second kappa shape index (κ2) is 7.49. The van der Waals surface area contributed by atoms with Gasteiger partial charge in [-0.05, 0) is 23.6 Å². The number of amides is 1. The van der Waals surface area contributed by atoms with Gasteiger partial charge in [0.25, 0.3) is 5.91 Å². The largest absolute Gasteiger partial charge is 0.490 e. The number of thiophene rings is 1. The molecule has 7 nitrogen and oxygen atoms in total. The molecule has 2 aliphatic rings. The average Bonchev–Trinajstić information content (AvgIpc) is 3.12. The van der Waals surface area contributed by atoms with Gasteiger partial charge in [-0.3, -0.25) is 4.79 Å². The van der Waals surface area contributed by atoms with Crippen LogP contribution in [0.1, 0.15) is 16.8 Å². The Labute approximate surface area is 162 Å². The smallest absolute Gasteiger partial charge is 0.254 e. The van der Waals surface area contributed by atoms with Crippen molar-refractivity contribution in [3.05, 3.63) is 40.6 Å². The number of piperazine rings is 1. The summed E-state index contributed by atoms with van der Waals surface area (Å²) in [4.78, 5) is 14.3. The Morgan fingerprint density at radius 2 is 1.74 bits per heavy atom. The topological polar surface area (TPSA) is 76.2 Å². The van der Waals surface area contributed by atoms with E-state index >= 15 is 0 Å². The highest BCUT2D eigenvalue weighted by molar-refractivity contribution is 7.89. The highest BCUT2D eigenvalue weighted by Gasteiger charge is 2.31. The van der Waals surface area contributed by atoms with Crippen LogP contribution in [0.25, 0.3) is 0 Å². The van der Waals surface area contributed by atoms with Crippen molar-refractivity contribution in [3.63, 3.8) is 0 Å². The molecule has 9 heteroatoms. The summed E-state index contributed by atoms with van der Waals surface area (Å²) in [5.74, 6) is 0.973. The zero-order valence-electron chi connectivity index (χ0n) is 14.7. The second-order valence-corrected chi connectivity index (χ2v) is 9.09. The molecule has 0 aliphatic carbocycles. The van der Waals surface area contributed by atoms with Crippen molar-refractivity contribution in [2.75, 3.05) is 39.4 Å². The maximum Gasteiger partial charge on any atom is 0.254 e. The van der Waals surface area contributed by atoms with E-state index in [1.54, 1.807) is 23.1 Å². The van der Waals surface area contributed by atoms with Crippen LogP contribution in [0.15, 0.2) is 39.9 Å². The first-order valence-electron chi connectivity index (χ1n) is 8.77. The van der Waals surface area contributed by atoms with Crippen molar-refractivity contribution in [1.29, 1.82) is 0 Å². The Balaban J connectivity index is 1.47. The van der Waals surface area contributed by atoms with Gasteiger partial charge in [0.1, 0.15) is 0 Å². The maximum absolute atomic E-state index is 13.0. The number of nitrogens with zero attached hydrogens (tertiary/aromatic N) is 2. The summed E-state index contributed by atoms with van der Waals surface area (Å²) in [5.41, 5.74) is 0.652. The predicted molar refractivity (Wildman–Crippen MR) is 101 cm³/mol. The third-order valence-electron chi connectivity index (χ3n) is 4.65. The number of hydrogen-bond donors (Lipinski definition) is 0. The van der Waals surface area contributed by atoms with E-state index in [-0.39, 0.29) is 23.9 Å². The first-order valence-corrected chi connectivity index (χ1v) is 11.2. The highest BCUT2D eigenvalue weighted by Crippen LogP contribution is 2.33. The summed E-state index contributed by atoms with van der Waals surface area (Å²) < 4.78 is 38.6. The third kappa shape index (κ3) is 3.67. The van der Waals surface area contributed by atoms with Crippen LogP contribution in [0.5, 0.6) is 11.5 Å². The standard InChI is InChI=1S/C18H20N2O5S2/c21-18(14-4-11-26-13-14)19-5-7-20(8-6-19)27(22,23)15-2-3-16-17(12-15)25-10-1-9-24-16/h2-4,11-13H,1,5-10H2. The van der Waals surface area contributed by atoms with E-state index in [1.165, 1.54) is 21.7 Å². The molecule has 1 amide bonds. The van der Waals surface area contributed by atoms with Crippen LogP contribution < -0.4 is 9.47 Å². The van der Waals surface area contributed by atoms with Crippen molar-refractivity contribution >= 4 is 27.3 Å². The molecule has 27 heavy (non-hydrogen) atoms. The van der Waals surface area contributed by atoms with Crippen LogP contribution in [0, 0.1) is 0 Å². The van der Waals surface area contributed by atoms with Crippen LogP contribution in [-0.2, 0) is 10.0 Å². The Kier molecular flexibility index (Phi) is 5.07. The fourth-order valence-corrected chi connectivity index (χ4v) is 5.22. The zero-order valence-corrected chi connectivity index (χ0v) is 16.3. The first kappa shape index (κ1) is 18.3. The highest BCUT2D eigenvalue weighted by atomic mass is 32.2. The summed E-state index contributed by atoms with van der Waals surface area (Å²) >= 11 is 1.47. The molecule has 0 radical (unpaired) electrons. The van der Waals surface area contributed by atoms with E-state index in [0.29, 0.717) is 43.4 Å². The average molecular weight is 409 g/mol. The van der Waals surface area contributed by atoms with Crippen molar-refractivity contribution in [2.24, 2.45) is 0 Å². The summed E-state index contributed by atoms with van der Waals surface area (Å²) in [5, 5.41) is 3.67. The number of fused-ring (bicyclic) bond motifs is 1. The molecular weight excluding hydrogens is 388 g/mol. The van der Waals surface area contributed by atoms with Crippen molar-refractivity contribution in [3.8, 4) is 11.5 Å². The van der Waals surface area contributed by atoms with E-state index in [0.717, 1.165) is 6.42 Å². The number of ether oxygens (including phenoxy) is 2. The van der Waals surface area contributed by atoms with Gasteiger partial charge >= 0.3 is 0 Å². The Hall–Kier alpha value is -2.10. The lowest BCUT2D eigenvalue weighted by Gasteiger charge is -2.34. The minimum absolute atomic E-state index is 0.0520. The van der Waals surface area contributed by atoms with Crippen molar-refractivity contribution < 1.29 is 22.7 Å². The second-order valence-electron chi connectivity index (χ2n) is 6.37. The van der Waals surface area contributed by atoms with Crippen molar-refractivity contribution in [1.82, 2.24) is 9.21 Å². The summed E-state index contributed by atoms with van der Waals surface area (Å²) in [6.45, 7) is 2.34. The molecule has 0 spiro atoms. The molecule has 1 fully saturated rings. The van der Waals surface area contributed by atoms with E-state index in [1.807, 2.05) is 10.8 Å². The number of sulfonamides is 1. The van der Waals surface area contributed by atoms with E-state index in [2.05, 4.69) is 0 Å². The molecule has 1 aromatic carbocycles. The van der Waals surface area contributed by atoms with Gasteiger partial charge < -0.3 is 14.4 Å². The van der Waals surface area contributed by atoms with Gasteiger partial charge in [0.2, 0.25) is 10.0 Å². The van der Waals surface area contributed by atoms with Crippen LogP contribution in [0.3, 0.4) is 0 Å². The SMILES string of the molecule is O=C(c1ccsc1)N1CCN(S(=O)(=O)c2ccc3c(c2)OCCCO3)CC1. The number of carbonyl (C=O) groups is 1. The monoisotopic (exact) mass is 408 g/mol. The van der Waals surface area contributed by atoms with Crippen molar-refractivity contribution in [2.45, 2.75) is 11.3 Å². The van der Waals surface area contributed by atoms with Crippen LogP contribution in [0.2, 0.25) is 0 Å². The minimum atomic E-state index is -3.65. The number of rotatable bonds is 3. The molecule has 1 aromatic heterocycles. The quantitative estimate of drug-likeness (QED) is 0.777. The number of benzene rings is 1. The molecule has 2 aliphatic heterocycles. The Morgan fingerprint density at radius 1 is 1.00 bits per heavy atom. The fraction of sp³-hybridized carbons (Fsp3) is 0.389. The maximum atomic E-state index is 13.0. The third-order valence-corrected chi connectivity index (χ3v) is 7.23. The number of carbonyl (C=O) groups excluding carboxylic acids is 1.